The maximum absolute atomic E-state index is 10.6. The summed E-state index contributed by atoms with van der Waals surface area (Å²) in [6.45, 7) is 0.639. The second-order valence-corrected chi connectivity index (χ2v) is 3.10. The van der Waals surface area contributed by atoms with E-state index in [0.717, 1.165) is 18.3 Å². The van der Waals surface area contributed by atoms with E-state index in [9.17, 15) is 4.79 Å². The van der Waals surface area contributed by atoms with Gasteiger partial charge in [-0.25, -0.2) is 0 Å². The Morgan fingerprint density at radius 1 is 1.47 bits per heavy atom. The lowest BCUT2D eigenvalue weighted by molar-refractivity contribution is 0.112. The Balaban J connectivity index is 2.88. The zero-order valence-corrected chi connectivity index (χ0v) is 8.77. The van der Waals surface area contributed by atoms with Gasteiger partial charge in [-0.1, -0.05) is 18.2 Å². The van der Waals surface area contributed by atoms with Crippen molar-refractivity contribution in [3.8, 4) is 5.75 Å². The Morgan fingerprint density at radius 3 is 2.87 bits per heavy atom. The van der Waals surface area contributed by atoms with Gasteiger partial charge < -0.3 is 10.5 Å². The molecule has 0 heterocycles. The molecule has 0 saturated carbocycles. The van der Waals surface area contributed by atoms with Crippen molar-refractivity contribution in [1.29, 1.82) is 0 Å². The minimum Gasteiger partial charge on any atom is -0.496 e. The molecular weight excluding hydrogens is 190 g/mol. The quantitative estimate of drug-likeness (QED) is 0.746. The zero-order chi connectivity index (χ0) is 11.1. The van der Waals surface area contributed by atoms with E-state index in [2.05, 4.69) is 0 Å². The number of ether oxygens (including phenoxy) is 1. The van der Waals surface area contributed by atoms with Crippen molar-refractivity contribution in [3.63, 3.8) is 0 Å². The number of carbonyl (C=O) groups excluding carboxylic acids is 1. The molecule has 0 amide bonds. The Labute approximate surface area is 89.5 Å². The third kappa shape index (κ3) is 3.22. The number of aldehydes is 1. The van der Waals surface area contributed by atoms with E-state index in [1.165, 1.54) is 0 Å². The first-order chi connectivity index (χ1) is 7.31. The van der Waals surface area contributed by atoms with Gasteiger partial charge in [0, 0.05) is 0 Å². The number of methoxy groups -OCH3 is 1. The van der Waals surface area contributed by atoms with Crippen LogP contribution in [0.25, 0.3) is 6.08 Å². The maximum atomic E-state index is 10.6. The van der Waals surface area contributed by atoms with E-state index in [-0.39, 0.29) is 0 Å². The van der Waals surface area contributed by atoms with E-state index in [0.29, 0.717) is 17.9 Å². The molecule has 0 aliphatic rings. The number of hydrogen-bond acceptors (Lipinski definition) is 3. The van der Waals surface area contributed by atoms with Crippen LogP contribution >= 0.6 is 0 Å². The van der Waals surface area contributed by atoms with Gasteiger partial charge in [-0.3, -0.25) is 4.79 Å². The fourth-order valence-electron chi connectivity index (χ4n) is 1.24. The minimum atomic E-state index is 0.563. The topological polar surface area (TPSA) is 52.3 Å². The van der Waals surface area contributed by atoms with Crippen LogP contribution in [0.5, 0.6) is 5.75 Å². The third-order valence-electron chi connectivity index (χ3n) is 2.03. The molecule has 0 aliphatic heterocycles. The molecule has 15 heavy (non-hydrogen) atoms. The second-order valence-electron chi connectivity index (χ2n) is 3.10. The van der Waals surface area contributed by atoms with Gasteiger partial charge in [0.15, 0.2) is 6.29 Å². The van der Waals surface area contributed by atoms with Crippen molar-refractivity contribution in [1.82, 2.24) is 0 Å². The molecule has 0 radical (unpaired) electrons. The van der Waals surface area contributed by atoms with Crippen molar-refractivity contribution in [2.24, 2.45) is 5.73 Å². The van der Waals surface area contributed by atoms with E-state index in [1.54, 1.807) is 13.2 Å². The van der Waals surface area contributed by atoms with Gasteiger partial charge in [0.25, 0.3) is 0 Å². The van der Waals surface area contributed by atoms with Crippen molar-refractivity contribution >= 4 is 12.4 Å². The first-order valence-corrected chi connectivity index (χ1v) is 4.81. The molecule has 0 spiro atoms. The lowest BCUT2D eigenvalue weighted by atomic mass is 10.1. The zero-order valence-electron chi connectivity index (χ0n) is 8.77. The van der Waals surface area contributed by atoms with Crippen LogP contribution in [0.4, 0.5) is 0 Å². The van der Waals surface area contributed by atoms with Gasteiger partial charge >= 0.3 is 0 Å². The Hall–Kier alpha value is -1.61. The number of hydrogen-bond donors (Lipinski definition) is 1. The normalized spacial score (nSPS) is 10.5. The smallest absolute Gasteiger partial charge is 0.153 e. The molecule has 3 nitrogen and oxygen atoms in total. The minimum absolute atomic E-state index is 0.563. The predicted octanol–water partition coefficient (Wildman–Crippen LogP) is 1.87. The lowest BCUT2D eigenvalue weighted by Crippen LogP contribution is -1.95. The van der Waals surface area contributed by atoms with Crippen molar-refractivity contribution in [2.45, 2.75) is 6.42 Å². The van der Waals surface area contributed by atoms with Crippen LogP contribution in [0.3, 0.4) is 0 Å². The number of rotatable bonds is 5. The molecule has 1 rings (SSSR count). The van der Waals surface area contributed by atoms with Crippen LogP contribution in [0.2, 0.25) is 0 Å². The molecule has 0 fully saturated rings. The molecule has 0 unspecified atom stereocenters. The lowest BCUT2D eigenvalue weighted by Gasteiger charge is -2.03. The van der Waals surface area contributed by atoms with Crippen molar-refractivity contribution in [2.75, 3.05) is 13.7 Å². The average molecular weight is 205 g/mol. The monoisotopic (exact) mass is 205 g/mol. The number of benzene rings is 1. The number of carbonyl (C=O) groups is 1. The fourth-order valence-corrected chi connectivity index (χ4v) is 1.24. The highest BCUT2D eigenvalue weighted by Gasteiger charge is 2.00. The van der Waals surface area contributed by atoms with Gasteiger partial charge in [0.2, 0.25) is 0 Å². The summed E-state index contributed by atoms with van der Waals surface area (Å²) in [4.78, 5) is 10.6. The van der Waals surface area contributed by atoms with Crippen LogP contribution < -0.4 is 10.5 Å². The third-order valence-corrected chi connectivity index (χ3v) is 2.03. The summed E-state index contributed by atoms with van der Waals surface area (Å²) in [5.41, 5.74) is 6.94. The fraction of sp³-hybridized carbons (Fsp3) is 0.250. The molecule has 0 saturated heterocycles. The average Bonchev–Trinajstić information content (AvgIpc) is 2.29. The highest BCUT2D eigenvalue weighted by atomic mass is 16.5. The molecule has 1 aromatic carbocycles. The van der Waals surface area contributed by atoms with E-state index in [1.807, 2.05) is 24.3 Å². The van der Waals surface area contributed by atoms with Gasteiger partial charge in [-0.15, -0.1) is 0 Å². The largest absolute Gasteiger partial charge is 0.496 e. The summed E-state index contributed by atoms with van der Waals surface area (Å²) < 4.78 is 5.09. The molecule has 0 aromatic heterocycles. The summed E-state index contributed by atoms with van der Waals surface area (Å²) in [5.74, 6) is 0.597. The van der Waals surface area contributed by atoms with Crippen LogP contribution in [0.1, 0.15) is 22.3 Å². The van der Waals surface area contributed by atoms with Gasteiger partial charge in [-0.05, 0) is 30.7 Å². The van der Waals surface area contributed by atoms with Crippen molar-refractivity contribution in [3.05, 3.63) is 35.4 Å². The van der Waals surface area contributed by atoms with E-state index < -0.39 is 0 Å². The van der Waals surface area contributed by atoms with Gasteiger partial charge in [0.1, 0.15) is 5.75 Å². The van der Waals surface area contributed by atoms with Gasteiger partial charge in [0.05, 0.1) is 12.7 Å². The maximum Gasteiger partial charge on any atom is 0.153 e. The van der Waals surface area contributed by atoms with Crippen LogP contribution in [-0.4, -0.2) is 19.9 Å². The summed E-state index contributed by atoms with van der Waals surface area (Å²) >= 11 is 0. The molecule has 3 heteroatoms. The van der Waals surface area contributed by atoms with Gasteiger partial charge in [-0.2, -0.15) is 0 Å². The predicted molar refractivity (Wildman–Crippen MR) is 61.1 cm³/mol. The number of nitrogens with two attached hydrogens (primary N) is 1. The molecule has 80 valence electrons. The molecule has 2 N–H and O–H groups in total. The van der Waals surface area contributed by atoms with Crippen LogP contribution in [-0.2, 0) is 0 Å². The molecule has 0 bridgehead atoms. The molecular formula is C12H15NO2. The second kappa shape index (κ2) is 5.98. The summed E-state index contributed by atoms with van der Waals surface area (Å²) in [6.07, 6.45) is 5.59. The first-order valence-electron chi connectivity index (χ1n) is 4.81. The molecule has 1 aromatic rings. The molecule has 0 aliphatic carbocycles. The standard InChI is InChI=1S/C12H15NO2/c1-15-12-8-10(4-2-3-7-13)5-6-11(12)9-14/h2,4-6,8-9H,3,7,13H2,1H3. The summed E-state index contributed by atoms with van der Waals surface area (Å²) in [6, 6.07) is 5.45. The molecule has 0 atom stereocenters. The Kier molecular flexibility index (Phi) is 4.57. The van der Waals surface area contributed by atoms with E-state index >= 15 is 0 Å². The van der Waals surface area contributed by atoms with Crippen molar-refractivity contribution < 1.29 is 9.53 Å². The SMILES string of the molecule is COc1cc(C=CCCN)ccc1C=O. The summed E-state index contributed by atoms with van der Waals surface area (Å²) in [5, 5.41) is 0. The highest BCUT2D eigenvalue weighted by molar-refractivity contribution is 5.80. The first kappa shape index (κ1) is 11.5. The van der Waals surface area contributed by atoms with Crippen LogP contribution in [0, 0.1) is 0 Å². The highest BCUT2D eigenvalue weighted by Crippen LogP contribution is 2.19. The van der Waals surface area contributed by atoms with E-state index in [4.69, 9.17) is 10.5 Å². The summed E-state index contributed by atoms with van der Waals surface area (Å²) in [7, 11) is 1.55. The Bertz CT molecular complexity index is 359. The Morgan fingerprint density at radius 2 is 2.27 bits per heavy atom. The van der Waals surface area contributed by atoms with Crippen LogP contribution in [0.15, 0.2) is 24.3 Å².